The van der Waals surface area contributed by atoms with Crippen LogP contribution in [-0.2, 0) is 16.0 Å². The Hall–Kier alpha value is -1.64. The van der Waals surface area contributed by atoms with Crippen LogP contribution >= 0.6 is 0 Å². The number of rotatable bonds is 4. The minimum atomic E-state index is -0.469. The number of hydrogen-bond acceptors (Lipinski definition) is 2. The van der Waals surface area contributed by atoms with Gasteiger partial charge in [-0.15, -0.1) is 0 Å². The predicted molar refractivity (Wildman–Crippen MR) is 69.9 cm³/mol. The van der Waals surface area contributed by atoms with Crippen molar-refractivity contribution in [2.75, 3.05) is 0 Å². The van der Waals surface area contributed by atoms with Gasteiger partial charge in [-0.2, -0.15) is 0 Å². The second kappa shape index (κ2) is 5.34. The van der Waals surface area contributed by atoms with Crippen molar-refractivity contribution in [3.63, 3.8) is 0 Å². The van der Waals surface area contributed by atoms with Gasteiger partial charge in [-0.25, -0.2) is 0 Å². The second-order valence-electron chi connectivity index (χ2n) is 5.17. The van der Waals surface area contributed by atoms with Crippen LogP contribution in [0.25, 0.3) is 0 Å². The van der Waals surface area contributed by atoms with E-state index >= 15 is 0 Å². The van der Waals surface area contributed by atoms with Crippen molar-refractivity contribution in [3.05, 3.63) is 35.9 Å². The Morgan fingerprint density at radius 3 is 2.33 bits per heavy atom. The van der Waals surface area contributed by atoms with Gasteiger partial charge in [0.15, 0.2) is 0 Å². The average molecular weight is 245 g/mol. The summed E-state index contributed by atoms with van der Waals surface area (Å²) in [5.41, 5.74) is 6.31. The lowest BCUT2D eigenvalue weighted by Crippen LogP contribution is -2.40. The zero-order chi connectivity index (χ0) is 13.0. The van der Waals surface area contributed by atoms with Crippen LogP contribution in [0.4, 0.5) is 0 Å². The SMILES string of the molecule is NC(=O)C1(CCc2ccccc2)CCC(=O)CC1. The maximum atomic E-state index is 11.7. The number of carbonyl (C=O) groups is 2. The van der Waals surface area contributed by atoms with E-state index < -0.39 is 5.41 Å². The summed E-state index contributed by atoms with van der Waals surface area (Å²) in [4.78, 5) is 23.0. The number of amides is 1. The Kier molecular flexibility index (Phi) is 3.80. The third-order valence-electron chi connectivity index (χ3n) is 4.02. The zero-order valence-electron chi connectivity index (χ0n) is 10.5. The second-order valence-corrected chi connectivity index (χ2v) is 5.17. The third kappa shape index (κ3) is 2.78. The van der Waals surface area contributed by atoms with E-state index in [9.17, 15) is 9.59 Å². The molecule has 1 aromatic carbocycles. The van der Waals surface area contributed by atoms with Gasteiger partial charge >= 0.3 is 0 Å². The molecule has 0 aromatic heterocycles. The van der Waals surface area contributed by atoms with Crippen LogP contribution in [-0.4, -0.2) is 11.7 Å². The fraction of sp³-hybridized carbons (Fsp3) is 0.467. The summed E-state index contributed by atoms with van der Waals surface area (Å²) in [7, 11) is 0. The molecule has 0 unspecified atom stereocenters. The standard InChI is InChI=1S/C15H19NO2/c16-14(18)15(10-7-13(17)8-11-15)9-6-12-4-2-1-3-5-12/h1-5H,6-11H2,(H2,16,18). The Balaban J connectivity index is 2.03. The number of ketones is 1. The maximum absolute atomic E-state index is 11.7. The average Bonchev–Trinajstić information content (AvgIpc) is 2.39. The molecule has 1 aromatic rings. The highest BCUT2D eigenvalue weighted by Crippen LogP contribution is 2.38. The molecule has 96 valence electrons. The quantitative estimate of drug-likeness (QED) is 0.884. The number of primary amides is 1. The van der Waals surface area contributed by atoms with Crippen LogP contribution in [0, 0.1) is 5.41 Å². The highest BCUT2D eigenvalue weighted by Gasteiger charge is 2.39. The number of benzene rings is 1. The first-order valence-electron chi connectivity index (χ1n) is 6.48. The molecule has 0 atom stereocenters. The van der Waals surface area contributed by atoms with Gasteiger partial charge in [-0.1, -0.05) is 30.3 Å². The molecule has 1 amide bonds. The van der Waals surface area contributed by atoms with Gasteiger partial charge in [0.2, 0.25) is 5.91 Å². The number of hydrogen-bond donors (Lipinski definition) is 1. The summed E-state index contributed by atoms with van der Waals surface area (Å²) >= 11 is 0. The zero-order valence-corrected chi connectivity index (χ0v) is 10.5. The van der Waals surface area contributed by atoms with E-state index in [1.807, 2.05) is 18.2 Å². The number of carbonyl (C=O) groups excluding carboxylic acids is 2. The molecule has 3 heteroatoms. The lowest BCUT2D eigenvalue weighted by Gasteiger charge is -2.33. The van der Waals surface area contributed by atoms with Gasteiger partial charge in [-0.3, -0.25) is 9.59 Å². The Morgan fingerprint density at radius 1 is 1.17 bits per heavy atom. The lowest BCUT2D eigenvalue weighted by atomic mass is 9.70. The predicted octanol–water partition coefficient (Wildman–Crippen LogP) is 2.23. The molecule has 0 radical (unpaired) electrons. The van der Waals surface area contributed by atoms with E-state index in [0.29, 0.717) is 25.7 Å². The molecule has 18 heavy (non-hydrogen) atoms. The van der Waals surface area contributed by atoms with Crippen LogP contribution in [0.15, 0.2) is 30.3 Å². The Labute approximate surface area is 107 Å². The largest absolute Gasteiger partial charge is 0.369 e. The van der Waals surface area contributed by atoms with Crippen LogP contribution in [0.5, 0.6) is 0 Å². The first-order valence-corrected chi connectivity index (χ1v) is 6.48. The molecule has 0 heterocycles. The van der Waals surface area contributed by atoms with Crippen molar-refractivity contribution in [2.24, 2.45) is 11.1 Å². The monoisotopic (exact) mass is 245 g/mol. The summed E-state index contributed by atoms with van der Waals surface area (Å²) in [5.74, 6) is 0.0116. The summed E-state index contributed by atoms with van der Waals surface area (Å²) in [6, 6.07) is 10.1. The fourth-order valence-electron chi connectivity index (χ4n) is 2.66. The first-order chi connectivity index (χ1) is 8.62. The summed E-state index contributed by atoms with van der Waals surface area (Å²) in [6.07, 6.45) is 3.83. The molecule has 0 bridgehead atoms. The van der Waals surface area contributed by atoms with E-state index in [-0.39, 0.29) is 11.7 Å². The van der Waals surface area contributed by atoms with Crippen LogP contribution in [0.1, 0.15) is 37.7 Å². The Bertz CT molecular complexity index is 429. The minimum Gasteiger partial charge on any atom is -0.369 e. The molecular formula is C15H19NO2. The molecule has 1 aliphatic rings. The van der Waals surface area contributed by atoms with E-state index in [4.69, 9.17) is 5.73 Å². The van der Waals surface area contributed by atoms with E-state index in [1.54, 1.807) is 0 Å². The summed E-state index contributed by atoms with van der Waals surface area (Å²) < 4.78 is 0. The number of nitrogens with two attached hydrogens (primary N) is 1. The van der Waals surface area contributed by atoms with Gasteiger partial charge in [-0.05, 0) is 31.2 Å². The molecule has 3 nitrogen and oxygen atoms in total. The molecule has 1 aliphatic carbocycles. The normalized spacial score (nSPS) is 18.6. The van der Waals surface area contributed by atoms with Gasteiger partial charge in [0.25, 0.3) is 0 Å². The molecule has 1 fully saturated rings. The molecule has 2 rings (SSSR count). The van der Waals surface area contributed by atoms with Crippen LogP contribution in [0.2, 0.25) is 0 Å². The molecule has 0 saturated heterocycles. The molecule has 1 saturated carbocycles. The van der Waals surface area contributed by atoms with Gasteiger partial charge in [0.05, 0.1) is 5.41 Å². The van der Waals surface area contributed by atoms with Crippen molar-refractivity contribution in [1.29, 1.82) is 0 Å². The van der Waals surface area contributed by atoms with Crippen LogP contribution < -0.4 is 5.73 Å². The molecular weight excluding hydrogens is 226 g/mol. The van der Waals surface area contributed by atoms with Crippen LogP contribution in [0.3, 0.4) is 0 Å². The third-order valence-corrected chi connectivity index (χ3v) is 4.02. The van der Waals surface area contributed by atoms with Gasteiger partial charge in [0.1, 0.15) is 5.78 Å². The van der Waals surface area contributed by atoms with Crippen molar-refractivity contribution in [2.45, 2.75) is 38.5 Å². The minimum absolute atomic E-state index is 0.245. The molecule has 0 aliphatic heterocycles. The van der Waals surface area contributed by atoms with Gasteiger partial charge in [0, 0.05) is 12.8 Å². The summed E-state index contributed by atoms with van der Waals surface area (Å²) in [6.45, 7) is 0. The first kappa shape index (κ1) is 12.8. The Morgan fingerprint density at radius 2 is 1.78 bits per heavy atom. The smallest absolute Gasteiger partial charge is 0.223 e. The number of Topliss-reactive ketones (excluding diaryl/α,β-unsaturated/α-hetero) is 1. The van der Waals surface area contributed by atoms with Crippen molar-refractivity contribution < 1.29 is 9.59 Å². The molecule has 2 N–H and O–H groups in total. The van der Waals surface area contributed by atoms with E-state index in [1.165, 1.54) is 5.56 Å². The highest BCUT2D eigenvalue weighted by molar-refractivity contribution is 5.86. The van der Waals surface area contributed by atoms with E-state index in [2.05, 4.69) is 12.1 Å². The summed E-state index contributed by atoms with van der Waals surface area (Å²) in [5, 5.41) is 0. The van der Waals surface area contributed by atoms with Crippen molar-refractivity contribution in [1.82, 2.24) is 0 Å². The number of aryl methyl sites for hydroxylation is 1. The van der Waals surface area contributed by atoms with Crippen molar-refractivity contribution >= 4 is 11.7 Å². The topological polar surface area (TPSA) is 60.2 Å². The maximum Gasteiger partial charge on any atom is 0.223 e. The van der Waals surface area contributed by atoms with Gasteiger partial charge < -0.3 is 5.73 Å². The molecule has 0 spiro atoms. The van der Waals surface area contributed by atoms with E-state index in [0.717, 1.165) is 12.8 Å². The fourth-order valence-corrected chi connectivity index (χ4v) is 2.66. The lowest BCUT2D eigenvalue weighted by molar-refractivity contribution is -0.133. The van der Waals surface area contributed by atoms with Crippen molar-refractivity contribution in [3.8, 4) is 0 Å². The highest BCUT2D eigenvalue weighted by atomic mass is 16.1.